The molecule has 1 atom stereocenters. The average Bonchev–Trinajstić information content (AvgIpc) is 3.24. The van der Waals surface area contributed by atoms with E-state index in [9.17, 15) is 4.79 Å². The number of hydrazine groups is 1. The first kappa shape index (κ1) is 23.5. The highest BCUT2D eigenvalue weighted by molar-refractivity contribution is 6.00. The molecule has 1 amide bonds. The van der Waals surface area contributed by atoms with E-state index < -0.39 is 5.54 Å². The van der Waals surface area contributed by atoms with Gasteiger partial charge in [-0.05, 0) is 43.7 Å². The Balaban J connectivity index is 1.77. The van der Waals surface area contributed by atoms with E-state index in [-0.39, 0.29) is 25.2 Å². The van der Waals surface area contributed by atoms with Gasteiger partial charge in [-0.25, -0.2) is 10.4 Å². The van der Waals surface area contributed by atoms with Gasteiger partial charge in [-0.1, -0.05) is 42.5 Å². The third-order valence-corrected chi connectivity index (χ3v) is 4.90. The van der Waals surface area contributed by atoms with E-state index in [0.717, 1.165) is 11.1 Å². The molecule has 170 valence electrons. The summed E-state index contributed by atoms with van der Waals surface area (Å²) >= 11 is 0. The van der Waals surface area contributed by atoms with Crippen molar-refractivity contribution in [3.8, 4) is 5.75 Å². The van der Waals surface area contributed by atoms with E-state index >= 15 is 0 Å². The maximum Gasteiger partial charge on any atom is 0.266 e. The summed E-state index contributed by atoms with van der Waals surface area (Å²) in [7, 11) is 0. The highest BCUT2D eigenvalue weighted by atomic mass is 16.5. The molecule has 0 aliphatic carbocycles. The van der Waals surface area contributed by atoms with E-state index in [1.54, 1.807) is 0 Å². The van der Waals surface area contributed by atoms with Crippen molar-refractivity contribution in [3.05, 3.63) is 71.8 Å². The second-order valence-electron chi connectivity index (χ2n) is 7.96. The standard InChI is InChI=1S/C25H31N3O4/c1-19(2)27-28-24(30)25(15-6-10-20-8-4-3-5-9-20)18-32-23(26-25)21-11-13-22(14-12-21)31-17-7-16-29/h3-6,8-14,19,27,29H,7,15-18H2,1-2H3,(H,28,30)/b10-6+/t25-/m0/s1. The number of ether oxygens (including phenoxy) is 2. The monoisotopic (exact) mass is 437 g/mol. The van der Waals surface area contributed by atoms with Crippen LogP contribution in [0.5, 0.6) is 5.75 Å². The quantitative estimate of drug-likeness (QED) is 0.371. The van der Waals surface area contributed by atoms with Gasteiger partial charge in [0.15, 0.2) is 5.54 Å². The summed E-state index contributed by atoms with van der Waals surface area (Å²) in [4.78, 5) is 17.8. The van der Waals surface area contributed by atoms with Crippen molar-refractivity contribution in [1.29, 1.82) is 0 Å². The Kier molecular flexibility index (Phi) is 8.41. The molecule has 3 N–H and O–H groups in total. The molecule has 1 aliphatic rings. The van der Waals surface area contributed by atoms with Crippen LogP contribution in [0.1, 0.15) is 37.8 Å². The molecule has 0 saturated heterocycles. The molecule has 2 aromatic rings. The number of aliphatic hydroxyl groups excluding tert-OH is 1. The number of carbonyl (C=O) groups is 1. The van der Waals surface area contributed by atoms with Gasteiger partial charge in [0, 0.05) is 31.1 Å². The highest BCUT2D eigenvalue weighted by Crippen LogP contribution is 2.27. The van der Waals surface area contributed by atoms with Crippen LogP contribution in [0, 0.1) is 0 Å². The Morgan fingerprint density at radius 1 is 1.22 bits per heavy atom. The fourth-order valence-electron chi connectivity index (χ4n) is 3.14. The molecule has 0 saturated carbocycles. The van der Waals surface area contributed by atoms with Gasteiger partial charge in [-0.15, -0.1) is 0 Å². The van der Waals surface area contributed by atoms with Crippen LogP contribution < -0.4 is 15.6 Å². The van der Waals surface area contributed by atoms with Crippen LogP contribution in [0.2, 0.25) is 0 Å². The Labute approximate surface area is 189 Å². The number of rotatable bonds is 11. The molecule has 0 fully saturated rings. The maximum atomic E-state index is 13.1. The number of aliphatic hydroxyl groups is 1. The Morgan fingerprint density at radius 3 is 2.66 bits per heavy atom. The van der Waals surface area contributed by atoms with Crippen LogP contribution in [0.25, 0.3) is 6.08 Å². The van der Waals surface area contributed by atoms with Crippen molar-refractivity contribution in [3.63, 3.8) is 0 Å². The van der Waals surface area contributed by atoms with Crippen molar-refractivity contribution >= 4 is 17.9 Å². The van der Waals surface area contributed by atoms with E-state index in [2.05, 4.69) is 10.9 Å². The molecule has 32 heavy (non-hydrogen) atoms. The number of amides is 1. The lowest BCUT2D eigenvalue weighted by atomic mass is 9.95. The minimum atomic E-state index is -1.06. The summed E-state index contributed by atoms with van der Waals surface area (Å²) in [5, 5.41) is 8.87. The van der Waals surface area contributed by atoms with Crippen molar-refractivity contribution in [2.45, 2.75) is 38.3 Å². The number of aliphatic imine (C=N–C) groups is 1. The summed E-state index contributed by atoms with van der Waals surface area (Å²) in [5.41, 5.74) is 6.51. The highest BCUT2D eigenvalue weighted by Gasteiger charge is 2.43. The van der Waals surface area contributed by atoms with Crippen molar-refractivity contribution < 1.29 is 19.4 Å². The van der Waals surface area contributed by atoms with Crippen LogP contribution in [-0.2, 0) is 9.53 Å². The average molecular weight is 438 g/mol. The van der Waals surface area contributed by atoms with Gasteiger partial charge >= 0.3 is 0 Å². The first-order valence-corrected chi connectivity index (χ1v) is 10.9. The number of hydrogen-bond donors (Lipinski definition) is 3. The van der Waals surface area contributed by atoms with E-state index in [1.165, 1.54) is 0 Å². The van der Waals surface area contributed by atoms with E-state index in [1.807, 2.05) is 80.6 Å². The Hall–Kier alpha value is -3.16. The summed E-state index contributed by atoms with van der Waals surface area (Å²) in [6.07, 6.45) is 4.92. The zero-order chi connectivity index (χ0) is 22.8. The fourth-order valence-corrected chi connectivity index (χ4v) is 3.14. The third-order valence-electron chi connectivity index (χ3n) is 4.90. The molecule has 1 aliphatic heterocycles. The second kappa shape index (κ2) is 11.5. The zero-order valence-electron chi connectivity index (χ0n) is 18.6. The molecule has 0 spiro atoms. The molecule has 0 bridgehead atoms. The summed E-state index contributed by atoms with van der Waals surface area (Å²) < 4.78 is 11.4. The van der Waals surface area contributed by atoms with Gasteiger partial charge < -0.3 is 14.6 Å². The lowest BCUT2D eigenvalue weighted by Gasteiger charge is -2.22. The van der Waals surface area contributed by atoms with Gasteiger partial charge in [0.1, 0.15) is 12.4 Å². The van der Waals surface area contributed by atoms with Crippen LogP contribution in [-0.4, -0.2) is 48.3 Å². The lowest BCUT2D eigenvalue weighted by molar-refractivity contribution is -0.127. The molecule has 0 aromatic heterocycles. The number of carbonyl (C=O) groups excluding carboxylic acids is 1. The third kappa shape index (κ3) is 6.42. The van der Waals surface area contributed by atoms with Gasteiger partial charge in [-0.2, -0.15) is 0 Å². The molecular formula is C25H31N3O4. The molecule has 2 aromatic carbocycles. The van der Waals surface area contributed by atoms with Gasteiger partial charge in [-0.3, -0.25) is 10.2 Å². The van der Waals surface area contributed by atoms with Crippen molar-refractivity contribution in [2.24, 2.45) is 4.99 Å². The predicted molar refractivity (Wildman–Crippen MR) is 125 cm³/mol. The minimum absolute atomic E-state index is 0.0945. The smallest absolute Gasteiger partial charge is 0.266 e. The van der Waals surface area contributed by atoms with E-state index in [4.69, 9.17) is 19.6 Å². The van der Waals surface area contributed by atoms with Crippen LogP contribution in [0.4, 0.5) is 0 Å². The van der Waals surface area contributed by atoms with Gasteiger partial charge in [0.25, 0.3) is 5.91 Å². The number of benzene rings is 2. The Bertz CT molecular complexity index is 926. The zero-order valence-corrected chi connectivity index (χ0v) is 18.6. The molecule has 1 heterocycles. The van der Waals surface area contributed by atoms with E-state index in [0.29, 0.717) is 31.1 Å². The molecular weight excluding hydrogens is 406 g/mol. The molecule has 7 nitrogen and oxygen atoms in total. The lowest BCUT2D eigenvalue weighted by Crippen LogP contribution is -2.53. The fraction of sp³-hybridized carbons (Fsp3) is 0.360. The molecule has 0 radical (unpaired) electrons. The van der Waals surface area contributed by atoms with Crippen LogP contribution >= 0.6 is 0 Å². The summed E-state index contributed by atoms with van der Waals surface area (Å²) in [6.45, 7) is 4.60. The first-order valence-electron chi connectivity index (χ1n) is 10.9. The largest absolute Gasteiger partial charge is 0.494 e. The number of hydrogen-bond acceptors (Lipinski definition) is 6. The number of nitrogens with one attached hydrogen (secondary N) is 2. The van der Waals surface area contributed by atoms with Crippen LogP contribution in [0.15, 0.2) is 65.7 Å². The minimum Gasteiger partial charge on any atom is -0.494 e. The van der Waals surface area contributed by atoms with Crippen molar-refractivity contribution in [2.75, 3.05) is 19.8 Å². The molecule has 7 heteroatoms. The molecule has 0 unspecified atom stereocenters. The Morgan fingerprint density at radius 2 is 1.97 bits per heavy atom. The summed E-state index contributed by atoms with van der Waals surface area (Å²) in [5.74, 6) is 0.902. The SMILES string of the molecule is CC(C)NNC(=O)[C@]1(C/C=C/c2ccccc2)COC(c2ccc(OCCCO)cc2)=N1. The summed E-state index contributed by atoms with van der Waals surface area (Å²) in [6, 6.07) is 17.4. The van der Waals surface area contributed by atoms with Crippen molar-refractivity contribution in [1.82, 2.24) is 10.9 Å². The first-order chi connectivity index (χ1) is 15.5. The maximum absolute atomic E-state index is 13.1. The topological polar surface area (TPSA) is 92.2 Å². The van der Waals surface area contributed by atoms with Crippen LogP contribution in [0.3, 0.4) is 0 Å². The second-order valence-corrected chi connectivity index (χ2v) is 7.96. The predicted octanol–water partition coefficient (Wildman–Crippen LogP) is 3.10. The van der Waals surface area contributed by atoms with Gasteiger partial charge in [0.2, 0.25) is 5.90 Å². The number of nitrogens with zero attached hydrogens (tertiary/aromatic N) is 1. The molecule has 3 rings (SSSR count). The normalized spacial score (nSPS) is 17.9. The van der Waals surface area contributed by atoms with Gasteiger partial charge in [0.05, 0.1) is 6.61 Å².